The first kappa shape index (κ1) is 25.6. The third kappa shape index (κ3) is 7.16. The molecule has 1 aliphatic heterocycles. The second kappa shape index (κ2) is 11.8. The number of aromatic nitrogens is 2. The number of guanidine groups is 1. The first-order chi connectivity index (χ1) is 14.4. The van der Waals surface area contributed by atoms with Gasteiger partial charge in [0.05, 0.1) is 30.8 Å². The van der Waals surface area contributed by atoms with E-state index in [9.17, 15) is 8.42 Å². The van der Waals surface area contributed by atoms with Crippen molar-refractivity contribution in [2.75, 3.05) is 39.3 Å². The Hall–Kier alpha value is -1.70. The lowest BCUT2D eigenvalue weighted by Gasteiger charge is -2.34. The highest BCUT2D eigenvalue weighted by Gasteiger charge is 2.25. The van der Waals surface area contributed by atoms with Crippen LogP contribution in [0.5, 0.6) is 0 Å². The van der Waals surface area contributed by atoms with E-state index in [0.29, 0.717) is 19.7 Å². The van der Waals surface area contributed by atoms with Gasteiger partial charge in [0.2, 0.25) is 10.0 Å². The van der Waals surface area contributed by atoms with Crippen molar-refractivity contribution in [2.24, 2.45) is 12.0 Å². The van der Waals surface area contributed by atoms with Crippen LogP contribution in [-0.2, 0) is 21.8 Å². The topological polar surface area (TPSA) is 101 Å². The van der Waals surface area contributed by atoms with E-state index in [1.165, 1.54) is 0 Å². The van der Waals surface area contributed by atoms with Crippen LogP contribution in [0.25, 0.3) is 0 Å². The fourth-order valence-electron chi connectivity index (χ4n) is 3.22. The zero-order valence-electron chi connectivity index (χ0n) is 18.1. The van der Waals surface area contributed by atoms with Gasteiger partial charge in [0.15, 0.2) is 5.96 Å². The molecule has 172 valence electrons. The molecule has 0 aliphatic carbocycles. The minimum Gasteiger partial charge on any atom is -0.370 e. The van der Waals surface area contributed by atoms with E-state index in [1.807, 2.05) is 33.3 Å². The number of aryl methyl sites for hydroxylation is 2. The lowest BCUT2D eigenvalue weighted by Crippen LogP contribution is -2.48. The Kier molecular flexibility index (Phi) is 9.72. The third-order valence-electron chi connectivity index (χ3n) is 4.79. The lowest BCUT2D eigenvalue weighted by molar-refractivity contribution is -0.00803. The SMILES string of the molecule is CCNC(=NCCNS(=O)(=O)c1ccc(C)cc1)N1CCOC(c2cnn(C)c2)C1.I. The third-order valence-corrected chi connectivity index (χ3v) is 6.27. The number of hydrogen-bond acceptors (Lipinski definition) is 5. The van der Waals surface area contributed by atoms with Crippen molar-refractivity contribution in [3.63, 3.8) is 0 Å². The summed E-state index contributed by atoms with van der Waals surface area (Å²) in [5, 5.41) is 7.51. The summed E-state index contributed by atoms with van der Waals surface area (Å²) in [7, 11) is -1.65. The summed E-state index contributed by atoms with van der Waals surface area (Å²) < 4.78 is 35.1. The highest BCUT2D eigenvalue weighted by molar-refractivity contribution is 14.0. The van der Waals surface area contributed by atoms with Crippen LogP contribution in [0, 0.1) is 6.92 Å². The first-order valence-corrected chi connectivity index (χ1v) is 11.6. The lowest BCUT2D eigenvalue weighted by atomic mass is 10.1. The predicted molar refractivity (Wildman–Crippen MR) is 131 cm³/mol. The average Bonchev–Trinajstić information content (AvgIpc) is 3.17. The van der Waals surface area contributed by atoms with E-state index in [0.717, 1.165) is 30.2 Å². The van der Waals surface area contributed by atoms with Crippen LogP contribution in [-0.4, -0.2) is 68.4 Å². The highest BCUT2D eigenvalue weighted by Crippen LogP contribution is 2.21. The predicted octanol–water partition coefficient (Wildman–Crippen LogP) is 1.66. The average molecular weight is 562 g/mol. The molecule has 0 amide bonds. The smallest absolute Gasteiger partial charge is 0.240 e. The van der Waals surface area contributed by atoms with E-state index in [2.05, 4.69) is 25.0 Å². The molecule has 2 heterocycles. The Morgan fingerprint density at radius 3 is 2.71 bits per heavy atom. The van der Waals surface area contributed by atoms with Crippen LogP contribution in [0.1, 0.15) is 24.2 Å². The van der Waals surface area contributed by atoms with Crippen molar-refractivity contribution in [3.8, 4) is 0 Å². The van der Waals surface area contributed by atoms with Gasteiger partial charge in [0.25, 0.3) is 0 Å². The molecule has 1 aromatic carbocycles. The molecule has 0 saturated carbocycles. The molecule has 1 unspecified atom stereocenters. The van der Waals surface area contributed by atoms with Crippen LogP contribution >= 0.6 is 24.0 Å². The van der Waals surface area contributed by atoms with Gasteiger partial charge in [-0.3, -0.25) is 9.67 Å². The molecule has 1 fully saturated rings. The van der Waals surface area contributed by atoms with E-state index in [4.69, 9.17) is 4.74 Å². The molecule has 31 heavy (non-hydrogen) atoms. The standard InChI is InChI=1S/C20H30N6O3S.HI/c1-4-21-20(26-11-12-29-19(15-26)17-13-23-25(3)14-17)22-9-10-24-30(27,28)18-7-5-16(2)6-8-18;/h5-8,13-14,19,24H,4,9-12,15H2,1-3H3,(H,21,22);1H. The van der Waals surface area contributed by atoms with Crippen molar-refractivity contribution in [1.29, 1.82) is 0 Å². The monoisotopic (exact) mass is 562 g/mol. The van der Waals surface area contributed by atoms with Gasteiger partial charge in [-0.25, -0.2) is 13.1 Å². The maximum atomic E-state index is 12.4. The molecule has 2 N–H and O–H groups in total. The number of hydrogen-bond donors (Lipinski definition) is 2. The summed E-state index contributed by atoms with van der Waals surface area (Å²) in [6, 6.07) is 6.79. The summed E-state index contributed by atoms with van der Waals surface area (Å²) in [6.45, 7) is 7.18. The number of rotatable bonds is 7. The van der Waals surface area contributed by atoms with Gasteiger partial charge in [-0.2, -0.15) is 5.10 Å². The van der Waals surface area contributed by atoms with E-state index < -0.39 is 10.0 Å². The fraction of sp³-hybridized carbons (Fsp3) is 0.500. The van der Waals surface area contributed by atoms with Crippen LogP contribution < -0.4 is 10.0 Å². The van der Waals surface area contributed by atoms with Gasteiger partial charge >= 0.3 is 0 Å². The number of nitrogens with zero attached hydrogens (tertiary/aromatic N) is 4. The molecular weight excluding hydrogens is 531 g/mol. The molecule has 9 nitrogen and oxygen atoms in total. The van der Waals surface area contributed by atoms with Crippen molar-refractivity contribution in [2.45, 2.75) is 24.8 Å². The Balaban J connectivity index is 0.00000341. The van der Waals surface area contributed by atoms with Crippen LogP contribution in [0.3, 0.4) is 0 Å². The summed E-state index contributed by atoms with van der Waals surface area (Å²) in [5.41, 5.74) is 2.05. The Morgan fingerprint density at radius 1 is 1.32 bits per heavy atom. The van der Waals surface area contributed by atoms with Gasteiger partial charge < -0.3 is 15.0 Å². The van der Waals surface area contributed by atoms with Gasteiger partial charge in [-0.05, 0) is 26.0 Å². The zero-order chi connectivity index (χ0) is 21.6. The van der Waals surface area contributed by atoms with Gasteiger partial charge in [-0.15, -0.1) is 24.0 Å². The molecule has 1 atom stereocenters. The summed E-state index contributed by atoms with van der Waals surface area (Å²) in [6.07, 6.45) is 3.70. The number of benzene rings is 1. The molecule has 11 heteroatoms. The maximum absolute atomic E-state index is 12.4. The molecule has 3 rings (SSSR count). The Morgan fingerprint density at radius 2 is 2.06 bits per heavy atom. The molecule has 0 bridgehead atoms. The number of sulfonamides is 1. The molecule has 0 spiro atoms. The molecule has 1 aromatic heterocycles. The molecular formula is C20H31IN6O3S. The van der Waals surface area contributed by atoms with Crippen molar-refractivity contribution >= 4 is 40.0 Å². The number of halogens is 1. The molecule has 1 saturated heterocycles. The zero-order valence-corrected chi connectivity index (χ0v) is 21.3. The van der Waals surface area contributed by atoms with Crippen LogP contribution in [0.15, 0.2) is 46.5 Å². The molecule has 1 aliphatic rings. The van der Waals surface area contributed by atoms with Gasteiger partial charge in [-0.1, -0.05) is 17.7 Å². The maximum Gasteiger partial charge on any atom is 0.240 e. The molecule has 0 radical (unpaired) electrons. The summed E-state index contributed by atoms with van der Waals surface area (Å²) in [4.78, 5) is 7.01. The quantitative estimate of drug-likeness (QED) is 0.231. The van der Waals surface area contributed by atoms with Crippen LogP contribution in [0.4, 0.5) is 0 Å². The normalized spacial score (nSPS) is 17.3. The largest absolute Gasteiger partial charge is 0.370 e. The number of nitrogens with one attached hydrogen (secondary N) is 2. The highest BCUT2D eigenvalue weighted by atomic mass is 127. The van der Waals surface area contributed by atoms with Crippen molar-refractivity contribution < 1.29 is 13.2 Å². The van der Waals surface area contributed by atoms with Crippen molar-refractivity contribution in [1.82, 2.24) is 24.7 Å². The van der Waals surface area contributed by atoms with Gasteiger partial charge in [0.1, 0.15) is 6.10 Å². The minimum atomic E-state index is -3.54. The second-order valence-electron chi connectivity index (χ2n) is 7.20. The Bertz CT molecular complexity index is 962. The fourth-order valence-corrected chi connectivity index (χ4v) is 4.24. The Labute approximate surface area is 201 Å². The van der Waals surface area contributed by atoms with Gasteiger partial charge in [0, 0.05) is 38.4 Å². The number of ether oxygens (including phenoxy) is 1. The summed E-state index contributed by atoms with van der Waals surface area (Å²) >= 11 is 0. The van der Waals surface area contributed by atoms with Crippen molar-refractivity contribution in [3.05, 3.63) is 47.8 Å². The minimum absolute atomic E-state index is 0. The van der Waals surface area contributed by atoms with E-state index in [-0.39, 0.29) is 41.5 Å². The first-order valence-electron chi connectivity index (χ1n) is 10.1. The van der Waals surface area contributed by atoms with Crippen LogP contribution in [0.2, 0.25) is 0 Å². The van der Waals surface area contributed by atoms with E-state index >= 15 is 0 Å². The second-order valence-corrected chi connectivity index (χ2v) is 8.97. The summed E-state index contributed by atoms with van der Waals surface area (Å²) in [5.74, 6) is 0.754. The molecule has 2 aromatic rings. The number of aliphatic imine (C=N–C) groups is 1. The number of morpholine rings is 1. The van der Waals surface area contributed by atoms with E-state index in [1.54, 1.807) is 28.9 Å².